The molecule has 0 aromatic carbocycles. The predicted molar refractivity (Wildman–Crippen MR) is 53.1 cm³/mol. The molecule has 0 fully saturated rings. The molecular formula is C10H14N2O2. The third kappa shape index (κ3) is 2.73. The van der Waals surface area contributed by atoms with E-state index in [0.717, 1.165) is 0 Å². The molecule has 0 saturated carbocycles. The van der Waals surface area contributed by atoms with Gasteiger partial charge in [-0.1, -0.05) is 0 Å². The third-order valence-corrected chi connectivity index (χ3v) is 1.46. The molecule has 1 aromatic rings. The van der Waals surface area contributed by atoms with E-state index >= 15 is 0 Å². The predicted octanol–water partition coefficient (Wildman–Crippen LogP) is 1.36. The van der Waals surface area contributed by atoms with Gasteiger partial charge in [0.05, 0.1) is 5.56 Å². The molecule has 76 valence electrons. The summed E-state index contributed by atoms with van der Waals surface area (Å²) in [5.74, 6) is -0.0580. The summed E-state index contributed by atoms with van der Waals surface area (Å²) in [5.41, 5.74) is 5.13. The largest absolute Gasteiger partial charge is 0.487 e. The maximum absolute atomic E-state index is 11.0. The van der Waals surface area contributed by atoms with Crippen molar-refractivity contribution in [3.8, 4) is 5.75 Å². The summed E-state index contributed by atoms with van der Waals surface area (Å²) in [7, 11) is 0. The number of aromatic nitrogens is 1. The summed E-state index contributed by atoms with van der Waals surface area (Å²) in [5, 5.41) is 0. The van der Waals surface area contributed by atoms with Gasteiger partial charge in [-0.15, -0.1) is 0 Å². The zero-order chi connectivity index (χ0) is 10.8. The van der Waals surface area contributed by atoms with Crippen molar-refractivity contribution >= 4 is 5.91 Å². The molecule has 4 heteroatoms. The molecule has 1 heterocycles. The van der Waals surface area contributed by atoms with Gasteiger partial charge in [-0.3, -0.25) is 9.78 Å². The summed E-state index contributed by atoms with van der Waals surface area (Å²) in [6, 6.07) is 1.63. The molecule has 4 nitrogen and oxygen atoms in total. The van der Waals surface area contributed by atoms with Crippen molar-refractivity contribution in [2.75, 3.05) is 0 Å². The molecule has 0 aliphatic carbocycles. The van der Waals surface area contributed by atoms with Gasteiger partial charge in [0.25, 0.3) is 5.91 Å². The monoisotopic (exact) mass is 194 g/mol. The van der Waals surface area contributed by atoms with Crippen LogP contribution in [0.1, 0.15) is 31.1 Å². The Morgan fingerprint density at radius 3 is 2.64 bits per heavy atom. The van der Waals surface area contributed by atoms with Crippen LogP contribution in [0.3, 0.4) is 0 Å². The molecular weight excluding hydrogens is 180 g/mol. The first-order chi connectivity index (χ1) is 6.40. The van der Waals surface area contributed by atoms with Crippen molar-refractivity contribution in [1.29, 1.82) is 0 Å². The van der Waals surface area contributed by atoms with Gasteiger partial charge in [-0.05, 0) is 26.8 Å². The summed E-state index contributed by atoms with van der Waals surface area (Å²) >= 11 is 0. The van der Waals surface area contributed by atoms with Crippen LogP contribution in [0.15, 0.2) is 18.5 Å². The second-order valence-electron chi connectivity index (χ2n) is 3.95. The number of hydrogen-bond acceptors (Lipinski definition) is 3. The molecule has 1 amide bonds. The number of ether oxygens (including phenoxy) is 1. The number of rotatable bonds is 2. The van der Waals surface area contributed by atoms with Gasteiger partial charge in [-0.2, -0.15) is 0 Å². The highest BCUT2D eigenvalue weighted by molar-refractivity contribution is 5.95. The van der Waals surface area contributed by atoms with Crippen LogP contribution in [0.5, 0.6) is 5.75 Å². The molecule has 0 unspecified atom stereocenters. The van der Waals surface area contributed by atoms with Gasteiger partial charge in [0.15, 0.2) is 0 Å². The van der Waals surface area contributed by atoms with Gasteiger partial charge >= 0.3 is 0 Å². The third-order valence-electron chi connectivity index (χ3n) is 1.46. The van der Waals surface area contributed by atoms with Gasteiger partial charge in [-0.25, -0.2) is 0 Å². The number of primary amides is 1. The Kier molecular flexibility index (Phi) is 2.74. The van der Waals surface area contributed by atoms with Crippen LogP contribution in [0.4, 0.5) is 0 Å². The minimum atomic E-state index is -0.530. The van der Waals surface area contributed by atoms with E-state index in [4.69, 9.17) is 10.5 Å². The van der Waals surface area contributed by atoms with Crippen molar-refractivity contribution in [2.45, 2.75) is 26.4 Å². The molecule has 14 heavy (non-hydrogen) atoms. The average molecular weight is 194 g/mol. The molecule has 0 spiro atoms. The first kappa shape index (κ1) is 10.5. The van der Waals surface area contributed by atoms with Crippen molar-refractivity contribution in [3.63, 3.8) is 0 Å². The Balaban J connectivity index is 3.02. The highest BCUT2D eigenvalue weighted by atomic mass is 16.5. The van der Waals surface area contributed by atoms with Crippen molar-refractivity contribution in [1.82, 2.24) is 4.98 Å². The number of amides is 1. The quantitative estimate of drug-likeness (QED) is 0.773. The minimum Gasteiger partial charge on any atom is -0.487 e. The van der Waals surface area contributed by atoms with Crippen molar-refractivity contribution < 1.29 is 9.53 Å². The average Bonchev–Trinajstić information content (AvgIpc) is 2.01. The molecule has 0 saturated heterocycles. The van der Waals surface area contributed by atoms with Crippen LogP contribution < -0.4 is 10.5 Å². The second-order valence-corrected chi connectivity index (χ2v) is 3.95. The van der Waals surface area contributed by atoms with Gasteiger partial charge in [0.2, 0.25) is 0 Å². The first-order valence-corrected chi connectivity index (χ1v) is 4.33. The van der Waals surface area contributed by atoms with Gasteiger partial charge < -0.3 is 10.5 Å². The van der Waals surface area contributed by atoms with E-state index in [-0.39, 0.29) is 5.60 Å². The summed E-state index contributed by atoms with van der Waals surface area (Å²) in [6.07, 6.45) is 2.97. The Labute approximate surface area is 83.1 Å². The number of carbonyl (C=O) groups excluding carboxylic acids is 1. The van der Waals surface area contributed by atoms with Gasteiger partial charge in [0.1, 0.15) is 11.4 Å². The SMILES string of the molecule is CC(C)(C)Oc1ccncc1C(N)=O. The van der Waals surface area contributed by atoms with E-state index in [0.29, 0.717) is 11.3 Å². The number of pyridine rings is 1. The van der Waals surface area contributed by atoms with E-state index < -0.39 is 5.91 Å². The number of nitrogens with two attached hydrogens (primary N) is 1. The lowest BCUT2D eigenvalue weighted by Crippen LogP contribution is -2.25. The fourth-order valence-corrected chi connectivity index (χ4v) is 0.986. The van der Waals surface area contributed by atoms with Crippen LogP contribution in [-0.4, -0.2) is 16.5 Å². The Morgan fingerprint density at radius 1 is 1.50 bits per heavy atom. The fraction of sp³-hybridized carbons (Fsp3) is 0.400. The molecule has 1 rings (SSSR count). The van der Waals surface area contributed by atoms with E-state index in [9.17, 15) is 4.79 Å². The smallest absolute Gasteiger partial charge is 0.254 e. The summed E-state index contributed by atoms with van der Waals surface area (Å²) in [6.45, 7) is 5.70. The lowest BCUT2D eigenvalue weighted by atomic mass is 10.1. The zero-order valence-electron chi connectivity index (χ0n) is 8.57. The molecule has 1 aromatic heterocycles. The van der Waals surface area contributed by atoms with Gasteiger partial charge in [0, 0.05) is 12.4 Å². The van der Waals surface area contributed by atoms with E-state index in [1.807, 2.05) is 20.8 Å². The van der Waals surface area contributed by atoms with Crippen LogP contribution in [0.2, 0.25) is 0 Å². The summed E-state index contributed by atoms with van der Waals surface area (Å²) < 4.78 is 5.55. The van der Waals surface area contributed by atoms with E-state index in [2.05, 4.69) is 4.98 Å². The Hall–Kier alpha value is -1.58. The first-order valence-electron chi connectivity index (χ1n) is 4.33. The fourth-order valence-electron chi connectivity index (χ4n) is 0.986. The zero-order valence-corrected chi connectivity index (χ0v) is 8.57. The summed E-state index contributed by atoms with van der Waals surface area (Å²) in [4.78, 5) is 14.8. The number of carbonyl (C=O) groups is 1. The standard InChI is InChI=1S/C10H14N2O2/c1-10(2,3)14-8-4-5-12-6-7(8)9(11)13/h4-6H,1-3H3,(H2,11,13). The molecule has 0 radical (unpaired) electrons. The normalized spacial score (nSPS) is 11.1. The van der Waals surface area contributed by atoms with Crippen LogP contribution in [0.25, 0.3) is 0 Å². The lowest BCUT2D eigenvalue weighted by Gasteiger charge is -2.22. The Bertz CT molecular complexity index is 342. The van der Waals surface area contributed by atoms with Crippen molar-refractivity contribution in [3.05, 3.63) is 24.0 Å². The second kappa shape index (κ2) is 3.65. The highest BCUT2D eigenvalue weighted by Crippen LogP contribution is 2.21. The molecule has 0 aliphatic heterocycles. The van der Waals surface area contributed by atoms with E-state index in [1.54, 1.807) is 12.3 Å². The van der Waals surface area contributed by atoms with Crippen LogP contribution in [-0.2, 0) is 0 Å². The minimum absolute atomic E-state index is 0.308. The van der Waals surface area contributed by atoms with Crippen LogP contribution >= 0.6 is 0 Å². The lowest BCUT2D eigenvalue weighted by molar-refractivity contribution is 0.0977. The van der Waals surface area contributed by atoms with E-state index in [1.165, 1.54) is 6.20 Å². The number of hydrogen-bond donors (Lipinski definition) is 1. The number of nitrogens with zero attached hydrogens (tertiary/aromatic N) is 1. The molecule has 0 atom stereocenters. The molecule has 0 aliphatic rings. The van der Waals surface area contributed by atoms with Crippen molar-refractivity contribution in [2.24, 2.45) is 5.73 Å². The maximum atomic E-state index is 11.0. The van der Waals surface area contributed by atoms with Crippen LogP contribution in [0, 0.1) is 0 Å². The highest BCUT2D eigenvalue weighted by Gasteiger charge is 2.16. The molecule has 2 N–H and O–H groups in total. The topological polar surface area (TPSA) is 65.2 Å². The maximum Gasteiger partial charge on any atom is 0.254 e. The Morgan fingerprint density at radius 2 is 2.14 bits per heavy atom. The molecule has 0 bridgehead atoms.